The lowest BCUT2D eigenvalue weighted by Crippen LogP contribution is -2.54. The number of ether oxygens (including phenoxy) is 1. The normalized spacial score (nSPS) is 44.6. The van der Waals surface area contributed by atoms with Gasteiger partial charge in [0.25, 0.3) is 5.92 Å². The van der Waals surface area contributed by atoms with Crippen LogP contribution in [0.15, 0.2) is 0 Å². The predicted octanol–water partition coefficient (Wildman–Crippen LogP) is 1.84. The van der Waals surface area contributed by atoms with Crippen LogP contribution in [0.5, 0.6) is 0 Å². The molecule has 4 heteroatoms. The molecule has 0 saturated heterocycles. The highest BCUT2D eigenvalue weighted by Crippen LogP contribution is 2.78. The SMILES string of the molecule is CCOC(=O)[C@]12C[C@H]1[C@@H](C)C2(F)F. The summed E-state index contributed by atoms with van der Waals surface area (Å²) in [6, 6.07) is 0. The van der Waals surface area contributed by atoms with Crippen molar-refractivity contribution in [1.29, 1.82) is 0 Å². The quantitative estimate of drug-likeness (QED) is 0.621. The second-order valence-corrected chi connectivity index (χ2v) is 3.91. The first-order valence-corrected chi connectivity index (χ1v) is 4.53. The summed E-state index contributed by atoms with van der Waals surface area (Å²) >= 11 is 0. The standard InChI is InChI=1S/C9H12F2O2/c1-3-13-7(12)8-4-6(8)5(2)9(8,10)11/h5-6H,3-4H2,1-2H3/t5-,6+,8+/m1/s1. The first kappa shape index (κ1) is 8.91. The average molecular weight is 190 g/mol. The zero-order valence-electron chi connectivity index (χ0n) is 7.64. The fourth-order valence-corrected chi connectivity index (χ4v) is 2.47. The molecule has 0 bridgehead atoms. The Morgan fingerprint density at radius 1 is 1.62 bits per heavy atom. The van der Waals surface area contributed by atoms with Gasteiger partial charge in [-0.2, -0.15) is 0 Å². The van der Waals surface area contributed by atoms with Crippen LogP contribution in [0.2, 0.25) is 0 Å². The molecule has 2 saturated carbocycles. The molecular formula is C9H12F2O2. The van der Waals surface area contributed by atoms with Gasteiger partial charge in [-0.25, -0.2) is 8.78 Å². The van der Waals surface area contributed by atoms with E-state index in [1.807, 2.05) is 0 Å². The minimum Gasteiger partial charge on any atom is -0.465 e. The maximum atomic E-state index is 13.3. The van der Waals surface area contributed by atoms with Crippen molar-refractivity contribution in [2.45, 2.75) is 26.2 Å². The van der Waals surface area contributed by atoms with Gasteiger partial charge in [-0.1, -0.05) is 6.92 Å². The van der Waals surface area contributed by atoms with Gasteiger partial charge in [0.05, 0.1) is 6.61 Å². The second kappa shape index (κ2) is 2.22. The largest absolute Gasteiger partial charge is 0.465 e. The summed E-state index contributed by atoms with van der Waals surface area (Å²) in [5, 5.41) is 0. The first-order chi connectivity index (χ1) is 5.98. The molecule has 2 fully saturated rings. The molecule has 0 amide bonds. The number of fused-ring (bicyclic) bond motifs is 1. The predicted molar refractivity (Wildman–Crippen MR) is 41.3 cm³/mol. The molecule has 3 atom stereocenters. The first-order valence-electron chi connectivity index (χ1n) is 4.53. The summed E-state index contributed by atoms with van der Waals surface area (Å²) in [5.74, 6) is -4.34. The van der Waals surface area contributed by atoms with Crippen molar-refractivity contribution in [2.24, 2.45) is 17.3 Å². The molecule has 0 unspecified atom stereocenters. The van der Waals surface area contributed by atoms with E-state index in [2.05, 4.69) is 4.74 Å². The topological polar surface area (TPSA) is 26.3 Å². The third-order valence-electron chi connectivity index (χ3n) is 3.42. The zero-order valence-corrected chi connectivity index (χ0v) is 7.64. The van der Waals surface area contributed by atoms with Crippen LogP contribution in [0.25, 0.3) is 0 Å². The van der Waals surface area contributed by atoms with Gasteiger partial charge in [0.1, 0.15) is 5.41 Å². The van der Waals surface area contributed by atoms with Crippen molar-refractivity contribution in [3.63, 3.8) is 0 Å². The van der Waals surface area contributed by atoms with Crippen molar-refractivity contribution >= 4 is 5.97 Å². The van der Waals surface area contributed by atoms with Crippen LogP contribution >= 0.6 is 0 Å². The van der Waals surface area contributed by atoms with Crippen molar-refractivity contribution in [2.75, 3.05) is 6.61 Å². The van der Waals surface area contributed by atoms with Gasteiger partial charge >= 0.3 is 5.97 Å². The highest BCUT2D eigenvalue weighted by atomic mass is 19.3. The molecule has 2 aliphatic carbocycles. The van der Waals surface area contributed by atoms with Gasteiger partial charge in [0, 0.05) is 5.92 Å². The molecular weight excluding hydrogens is 178 g/mol. The van der Waals surface area contributed by atoms with Gasteiger partial charge in [-0.3, -0.25) is 4.79 Å². The number of hydrogen-bond donors (Lipinski definition) is 0. The number of rotatable bonds is 2. The Labute approximate surface area is 75.3 Å². The Bertz CT molecular complexity index is 264. The molecule has 0 radical (unpaired) electrons. The van der Waals surface area contributed by atoms with Crippen LogP contribution in [0, 0.1) is 17.3 Å². The molecule has 2 nitrogen and oxygen atoms in total. The number of hydrogen-bond acceptors (Lipinski definition) is 2. The van der Waals surface area contributed by atoms with E-state index in [0.717, 1.165) is 0 Å². The molecule has 0 spiro atoms. The molecule has 0 aliphatic heterocycles. The van der Waals surface area contributed by atoms with Crippen molar-refractivity contribution < 1.29 is 18.3 Å². The molecule has 2 rings (SSSR count). The van der Waals surface area contributed by atoms with E-state index in [1.54, 1.807) is 6.92 Å². The highest BCUT2D eigenvalue weighted by molar-refractivity contribution is 5.84. The molecule has 2 aliphatic rings. The summed E-state index contributed by atoms with van der Waals surface area (Å²) < 4.78 is 31.2. The third kappa shape index (κ3) is 0.747. The van der Waals surface area contributed by atoms with E-state index < -0.39 is 23.2 Å². The Morgan fingerprint density at radius 2 is 2.23 bits per heavy atom. The lowest BCUT2D eigenvalue weighted by molar-refractivity contribution is -0.211. The number of esters is 1. The van der Waals surface area contributed by atoms with Crippen LogP contribution in [-0.2, 0) is 9.53 Å². The van der Waals surface area contributed by atoms with Gasteiger partial charge in [-0.05, 0) is 19.3 Å². The molecule has 0 aromatic heterocycles. The molecule has 0 heterocycles. The van der Waals surface area contributed by atoms with E-state index in [0.29, 0.717) is 6.42 Å². The van der Waals surface area contributed by atoms with Crippen LogP contribution in [0.4, 0.5) is 8.78 Å². The average Bonchev–Trinajstić information content (AvgIpc) is 2.77. The summed E-state index contributed by atoms with van der Waals surface area (Å²) in [5.41, 5.74) is -1.43. The van der Waals surface area contributed by atoms with Crippen molar-refractivity contribution in [3.05, 3.63) is 0 Å². The second-order valence-electron chi connectivity index (χ2n) is 3.91. The van der Waals surface area contributed by atoms with Gasteiger partial charge < -0.3 is 4.74 Å². The summed E-state index contributed by atoms with van der Waals surface area (Å²) in [4.78, 5) is 11.2. The Balaban J connectivity index is 2.14. The van der Waals surface area contributed by atoms with E-state index in [-0.39, 0.29) is 12.5 Å². The Morgan fingerprint density at radius 3 is 2.62 bits per heavy atom. The number of alkyl halides is 2. The number of halogens is 2. The smallest absolute Gasteiger partial charge is 0.318 e. The summed E-state index contributed by atoms with van der Waals surface area (Å²) in [7, 11) is 0. The maximum absolute atomic E-state index is 13.3. The number of carbonyl (C=O) groups is 1. The fourth-order valence-electron chi connectivity index (χ4n) is 2.47. The van der Waals surface area contributed by atoms with Crippen LogP contribution in [-0.4, -0.2) is 18.5 Å². The van der Waals surface area contributed by atoms with Gasteiger partial charge in [-0.15, -0.1) is 0 Å². The molecule has 0 aromatic carbocycles. The highest BCUT2D eigenvalue weighted by Gasteiger charge is 2.88. The molecule has 13 heavy (non-hydrogen) atoms. The molecule has 74 valence electrons. The Kier molecular flexibility index (Phi) is 1.52. The van der Waals surface area contributed by atoms with Crippen LogP contribution in [0.1, 0.15) is 20.3 Å². The van der Waals surface area contributed by atoms with Gasteiger partial charge in [0.15, 0.2) is 0 Å². The maximum Gasteiger partial charge on any atom is 0.318 e. The van der Waals surface area contributed by atoms with E-state index in [1.165, 1.54) is 6.92 Å². The molecule has 0 N–H and O–H groups in total. The minimum atomic E-state index is -2.84. The lowest BCUT2D eigenvalue weighted by atomic mass is 9.71. The van der Waals surface area contributed by atoms with Crippen LogP contribution in [0.3, 0.4) is 0 Å². The van der Waals surface area contributed by atoms with E-state index in [9.17, 15) is 13.6 Å². The minimum absolute atomic E-state index is 0.137. The van der Waals surface area contributed by atoms with Crippen molar-refractivity contribution in [3.8, 4) is 0 Å². The van der Waals surface area contributed by atoms with E-state index in [4.69, 9.17) is 0 Å². The van der Waals surface area contributed by atoms with Crippen LogP contribution < -0.4 is 0 Å². The summed E-state index contributed by atoms with van der Waals surface area (Å²) in [6.07, 6.45) is 0.306. The monoisotopic (exact) mass is 190 g/mol. The number of carbonyl (C=O) groups excluding carboxylic acids is 1. The zero-order chi connectivity index (χ0) is 9.85. The lowest BCUT2D eigenvalue weighted by Gasteiger charge is -2.40. The fraction of sp³-hybridized carbons (Fsp3) is 0.889. The Hall–Kier alpha value is -0.670. The van der Waals surface area contributed by atoms with Gasteiger partial charge in [0.2, 0.25) is 0 Å². The van der Waals surface area contributed by atoms with E-state index >= 15 is 0 Å². The molecule has 0 aromatic rings. The van der Waals surface area contributed by atoms with Crippen molar-refractivity contribution in [1.82, 2.24) is 0 Å². The summed E-state index contributed by atoms with van der Waals surface area (Å²) in [6.45, 7) is 3.30. The third-order valence-corrected chi connectivity index (χ3v) is 3.42.